The van der Waals surface area contributed by atoms with Crippen molar-refractivity contribution in [2.75, 3.05) is 13.7 Å². The number of carbonyl (C=O) groups is 1. The number of amides is 1. The molecule has 3 nitrogen and oxygen atoms in total. The second-order valence-electron chi connectivity index (χ2n) is 5.36. The molecule has 1 aliphatic rings. The van der Waals surface area contributed by atoms with Gasteiger partial charge in [0.25, 0.3) is 5.91 Å². The third-order valence-corrected chi connectivity index (χ3v) is 5.08. The fourth-order valence-electron chi connectivity index (χ4n) is 2.90. The monoisotopic (exact) mass is 301 g/mol. The van der Waals surface area contributed by atoms with E-state index < -0.39 is 0 Å². The number of benzene rings is 1. The molecule has 1 aliphatic heterocycles. The molecule has 0 saturated carbocycles. The van der Waals surface area contributed by atoms with Gasteiger partial charge in [-0.1, -0.05) is 12.1 Å². The first-order chi connectivity index (χ1) is 10.2. The van der Waals surface area contributed by atoms with E-state index in [-0.39, 0.29) is 11.9 Å². The van der Waals surface area contributed by atoms with Gasteiger partial charge in [-0.3, -0.25) is 4.79 Å². The topological polar surface area (TPSA) is 29.5 Å². The fourth-order valence-corrected chi connectivity index (χ4v) is 3.78. The van der Waals surface area contributed by atoms with E-state index in [4.69, 9.17) is 4.74 Å². The largest absolute Gasteiger partial charge is 0.497 e. The molecule has 1 fully saturated rings. The van der Waals surface area contributed by atoms with Gasteiger partial charge in [0.05, 0.1) is 18.0 Å². The van der Waals surface area contributed by atoms with Crippen molar-refractivity contribution in [1.29, 1.82) is 0 Å². The zero-order valence-electron chi connectivity index (χ0n) is 12.3. The molecule has 3 rings (SSSR count). The number of carbonyl (C=O) groups excluding carboxylic acids is 1. The lowest BCUT2D eigenvalue weighted by atomic mass is 10.0. The molecule has 0 radical (unpaired) electrons. The maximum atomic E-state index is 12.7. The van der Waals surface area contributed by atoms with E-state index in [1.54, 1.807) is 7.11 Å². The normalized spacial score (nSPS) is 18.0. The lowest BCUT2D eigenvalue weighted by Crippen LogP contribution is -2.30. The van der Waals surface area contributed by atoms with Gasteiger partial charge in [0.2, 0.25) is 0 Å². The molecule has 1 amide bonds. The smallest absolute Gasteiger partial charge is 0.264 e. The van der Waals surface area contributed by atoms with Crippen LogP contribution in [0.3, 0.4) is 0 Å². The van der Waals surface area contributed by atoms with Gasteiger partial charge in [-0.2, -0.15) is 0 Å². The summed E-state index contributed by atoms with van der Waals surface area (Å²) < 4.78 is 5.20. The van der Waals surface area contributed by atoms with Crippen molar-refractivity contribution in [3.05, 3.63) is 51.7 Å². The highest BCUT2D eigenvalue weighted by Crippen LogP contribution is 2.35. The first-order valence-corrected chi connectivity index (χ1v) is 8.07. The predicted molar refractivity (Wildman–Crippen MR) is 85.1 cm³/mol. The highest BCUT2D eigenvalue weighted by molar-refractivity contribution is 7.12. The number of aryl methyl sites for hydroxylation is 1. The van der Waals surface area contributed by atoms with E-state index in [1.807, 2.05) is 35.4 Å². The quantitative estimate of drug-likeness (QED) is 0.856. The molecule has 1 unspecified atom stereocenters. The van der Waals surface area contributed by atoms with E-state index in [1.165, 1.54) is 16.9 Å². The number of rotatable bonds is 3. The molecule has 1 atom stereocenters. The predicted octanol–water partition coefficient (Wildman–Crippen LogP) is 4.04. The average Bonchev–Trinajstić information content (AvgIpc) is 3.15. The highest BCUT2D eigenvalue weighted by atomic mass is 32.1. The van der Waals surface area contributed by atoms with Gasteiger partial charge < -0.3 is 9.64 Å². The van der Waals surface area contributed by atoms with E-state index >= 15 is 0 Å². The number of methoxy groups -OCH3 is 1. The van der Waals surface area contributed by atoms with Crippen LogP contribution in [0.15, 0.2) is 35.7 Å². The first-order valence-electron chi connectivity index (χ1n) is 7.19. The molecule has 0 spiro atoms. The number of ether oxygens (including phenoxy) is 1. The van der Waals surface area contributed by atoms with Crippen molar-refractivity contribution in [3.63, 3.8) is 0 Å². The Hall–Kier alpha value is -1.81. The summed E-state index contributed by atoms with van der Waals surface area (Å²) in [5.74, 6) is 1.02. The van der Waals surface area contributed by atoms with Crippen LogP contribution in [0, 0.1) is 6.92 Å². The molecule has 1 saturated heterocycles. The molecular weight excluding hydrogens is 282 g/mol. The molecular formula is C17H19NO2S. The third-order valence-electron chi connectivity index (χ3n) is 4.07. The van der Waals surface area contributed by atoms with Gasteiger partial charge in [0.1, 0.15) is 5.75 Å². The maximum Gasteiger partial charge on any atom is 0.264 e. The number of hydrogen-bond donors (Lipinski definition) is 0. The van der Waals surface area contributed by atoms with E-state index in [0.29, 0.717) is 0 Å². The lowest BCUT2D eigenvalue weighted by Gasteiger charge is -2.25. The van der Waals surface area contributed by atoms with Crippen LogP contribution in [0.2, 0.25) is 0 Å². The Balaban J connectivity index is 1.85. The van der Waals surface area contributed by atoms with Crippen LogP contribution in [0.4, 0.5) is 0 Å². The van der Waals surface area contributed by atoms with Crippen molar-refractivity contribution in [2.24, 2.45) is 0 Å². The van der Waals surface area contributed by atoms with Crippen LogP contribution in [0.25, 0.3) is 0 Å². The molecule has 0 bridgehead atoms. The van der Waals surface area contributed by atoms with Crippen LogP contribution >= 0.6 is 11.3 Å². The SMILES string of the molecule is COc1ccc(C2CCCN2C(=O)c2sccc2C)cc1. The molecule has 4 heteroatoms. The van der Waals surface area contributed by atoms with E-state index in [0.717, 1.165) is 35.6 Å². The average molecular weight is 301 g/mol. The summed E-state index contributed by atoms with van der Waals surface area (Å²) in [6.07, 6.45) is 2.09. The summed E-state index contributed by atoms with van der Waals surface area (Å²) in [4.78, 5) is 15.6. The number of thiophene rings is 1. The van der Waals surface area contributed by atoms with E-state index in [9.17, 15) is 4.79 Å². The molecule has 0 N–H and O–H groups in total. The van der Waals surface area contributed by atoms with Gasteiger partial charge in [-0.15, -0.1) is 11.3 Å². The van der Waals surface area contributed by atoms with Crippen LogP contribution in [0.1, 0.15) is 39.7 Å². The van der Waals surface area contributed by atoms with Crippen molar-refractivity contribution >= 4 is 17.2 Å². The second kappa shape index (κ2) is 5.90. The van der Waals surface area contributed by atoms with Crippen molar-refractivity contribution in [3.8, 4) is 5.75 Å². The Bertz CT molecular complexity index is 632. The summed E-state index contributed by atoms with van der Waals surface area (Å²) >= 11 is 1.54. The molecule has 21 heavy (non-hydrogen) atoms. The lowest BCUT2D eigenvalue weighted by molar-refractivity contribution is 0.0740. The zero-order chi connectivity index (χ0) is 14.8. The minimum Gasteiger partial charge on any atom is -0.497 e. The minimum atomic E-state index is 0.167. The van der Waals surface area contributed by atoms with E-state index in [2.05, 4.69) is 12.1 Å². The molecule has 2 aromatic rings. The number of likely N-dealkylation sites (tertiary alicyclic amines) is 1. The Morgan fingerprint density at radius 3 is 2.67 bits per heavy atom. The fraction of sp³-hybridized carbons (Fsp3) is 0.353. The van der Waals surface area contributed by atoms with Crippen molar-refractivity contribution < 1.29 is 9.53 Å². The summed E-state index contributed by atoms with van der Waals surface area (Å²) in [6.45, 7) is 2.84. The Morgan fingerprint density at radius 1 is 1.29 bits per heavy atom. The van der Waals surface area contributed by atoms with Crippen LogP contribution < -0.4 is 4.74 Å². The number of hydrogen-bond acceptors (Lipinski definition) is 3. The third kappa shape index (κ3) is 2.68. The van der Waals surface area contributed by atoms with Crippen LogP contribution in [-0.4, -0.2) is 24.5 Å². The van der Waals surface area contributed by atoms with Crippen molar-refractivity contribution in [2.45, 2.75) is 25.8 Å². The van der Waals surface area contributed by atoms with Gasteiger partial charge in [-0.25, -0.2) is 0 Å². The molecule has 110 valence electrons. The standard InChI is InChI=1S/C17H19NO2S/c1-12-9-11-21-16(12)17(19)18-10-3-4-15(18)13-5-7-14(20-2)8-6-13/h5-9,11,15H,3-4,10H2,1-2H3. The van der Waals surface area contributed by atoms with Gasteiger partial charge in [0, 0.05) is 6.54 Å². The highest BCUT2D eigenvalue weighted by Gasteiger charge is 2.31. The molecule has 0 aliphatic carbocycles. The van der Waals surface area contributed by atoms with Crippen LogP contribution in [-0.2, 0) is 0 Å². The second-order valence-corrected chi connectivity index (χ2v) is 6.28. The first kappa shape index (κ1) is 14.1. The van der Waals surface area contributed by atoms with Gasteiger partial charge >= 0.3 is 0 Å². The Kier molecular flexibility index (Phi) is 3.97. The Morgan fingerprint density at radius 2 is 2.05 bits per heavy atom. The van der Waals surface area contributed by atoms with Gasteiger partial charge in [-0.05, 0) is 54.5 Å². The van der Waals surface area contributed by atoms with Crippen LogP contribution in [0.5, 0.6) is 5.75 Å². The molecule has 1 aromatic heterocycles. The zero-order valence-corrected chi connectivity index (χ0v) is 13.2. The molecule has 1 aromatic carbocycles. The minimum absolute atomic E-state index is 0.167. The molecule has 2 heterocycles. The summed E-state index contributed by atoms with van der Waals surface area (Å²) in [7, 11) is 1.67. The summed E-state index contributed by atoms with van der Waals surface area (Å²) in [5, 5.41) is 1.99. The summed E-state index contributed by atoms with van der Waals surface area (Å²) in [6, 6.07) is 10.3. The number of nitrogens with zero attached hydrogens (tertiary/aromatic N) is 1. The maximum absolute atomic E-state index is 12.7. The summed E-state index contributed by atoms with van der Waals surface area (Å²) in [5.41, 5.74) is 2.27. The Labute approximate surface area is 129 Å². The van der Waals surface area contributed by atoms with Crippen molar-refractivity contribution in [1.82, 2.24) is 4.90 Å². The van der Waals surface area contributed by atoms with Gasteiger partial charge in [0.15, 0.2) is 0 Å².